The Balaban J connectivity index is 1.78. The average molecular weight is 331 g/mol. The van der Waals surface area contributed by atoms with Gasteiger partial charge in [0.25, 0.3) is 0 Å². The Hall–Kier alpha value is 0.1000. The first-order chi connectivity index (χ1) is 8.67. The Morgan fingerprint density at radius 3 is 3.06 bits per heavy atom. The van der Waals surface area contributed by atoms with E-state index in [4.69, 9.17) is 0 Å². The zero-order chi connectivity index (χ0) is 13.0. The second-order valence-corrected chi connectivity index (χ2v) is 7.29. The Bertz CT molecular complexity index is 366. The maximum atomic E-state index is 3.66. The first-order valence-corrected chi connectivity index (χ1v) is 8.49. The number of nitrogens with one attached hydrogen (secondary N) is 1. The summed E-state index contributed by atoms with van der Waals surface area (Å²) >= 11 is 5.35. The number of thiophene rings is 1. The fraction of sp³-hybridized carbons (Fsp3) is 0.714. The van der Waals surface area contributed by atoms with Crippen molar-refractivity contribution in [1.82, 2.24) is 10.2 Å². The van der Waals surface area contributed by atoms with Gasteiger partial charge in [-0.15, -0.1) is 11.3 Å². The predicted octanol–water partition coefficient (Wildman–Crippen LogP) is 3.72. The molecule has 2 unspecified atom stereocenters. The average Bonchev–Trinajstić information content (AvgIpc) is 2.74. The van der Waals surface area contributed by atoms with Gasteiger partial charge >= 0.3 is 0 Å². The molecule has 1 saturated heterocycles. The van der Waals surface area contributed by atoms with Crippen molar-refractivity contribution in [2.24, 2.45) is 5.92 Å². The van der Waals surface area contributed by atoms with E-state index in [1.54, 1.807) is 0 Å². The SMILES string of the molecule is CCC1CCNC(CN(C)Cc2cc(Br)cs2)C1. The van der Waals surface area contributed by atoms with Crippen LogP contribution in [-0.4, -0.2) is 31.1 Å². The molecule has 0 radical (unpaired) electrons. The molecule has 1 fully saturated rings. The quantitative estimate of drug-likeness (QED) is 0.885. The minimum Gasteiger partial charge on any atom is -0.313 e. The highest BCUT2D eigenvalue weighted by atomic mass is 79.9. The maximum absolute atomic E-state index is 3.66. The molecule has 0 aromatic carbocycles. The molecule has 0 spiro atoms. The van der Waals surface area contributed by atoms with Crippen LogP contribution in [0.5, 0.6) is 0 Å². The fourth-order valence-electron chi connectivity index (χ4n) is 2.75. The molecule has 1 aromatic rings. The Morgan fingerprint density at radius 1 is 1.56 bits per heavy atom. The van der Waals surface area contributed by atoms with Crippen molar-refractivity contribution in [1.29, 1.82) is 0 Å². The molecule has 0 aliphatic carbocycles. The van der Waals surface area contributed by atoms with Crippen LogP contribution in [-0.2, 0) is 6.54 Å². The summed E-state index contributed by atoms with van der Waals surface area (Å²) in [6, 6.07) is 2.90. The third kappa shape index (κ3) is 4.34. The molecule has 0 saturated carbocycles. The molecule has 2 atom stereocenters. The number of piperidine rings is 1. The van der Waals surface area contributed by atoms with Crippen molar-refractivity contribution in [3.63, 3.8) is 0 Å². The fourth-order valence-corrected chi connectivity index (χ4v) is 4.28. The van der Waals surface area contributed by atoms with E-state index < -0.39 is 0 Å². The van der Waals surface area contributed by atoms with E-state index in [0.717, 1.165) is 19.0 Å². The van der Waals surface area contributed by atoms with Gasteiger partial charge in [-0.2, -0.15) is 0 Å². The lowest BCUT2D eigenvalue weighted by Crippen LogP contribution is -2.44. The monoisotopic (exact) mass is 330 g/mol. The summed E-state index contributed by atoms with van der Waals surface area (Å²) in [5.41, 5.74) is 0. The summed E-state index contributed by atoms with van der Waals surface area (Å²) in [7, 11) is 2.23. The third-order valence-corrected chi connectivity index (χ3v) is 5.44. The predicted molar refractivity (Wildman–Crippen MR) is 83.2 cm³/mol. The maximum Gasteiger partial charge on any atom is 0.0325 e. The molecule has 0 bridgehead atoms. The first kappa shape index (κ1) is 14.5. The molecule has 102 valence electrons. The van der Waals surface area contributed by atoms with Crippen molar-refractivity contribution in [2.75, 3.05) is 20.1 Å². The lowest BCUT2D eigenvalue weighted by Gasteiger charge is -2.32. The lowest BCUT2D eigenvalue weighted by molar-refractivity contribution is 0.221. The van der Waals surface area contributed by atoms with Crippen molar-refractivity contribution >= 4 is 27.3 Å². The number of likely N-dealkylation sites (N-methyl/N-ethyl adjacent to an activating group) is 1. The second kappa shape index (κ2) is 7.04. The molecule has 4 heteroatoms. The molecule has 1 aliphatic rings. The van der Waals surface area contributed by atoms with Crippen LogP contribution in [0.25, 0.3) is 0 Å². The largest absolute Gasteiger partial charge is 0.313 e. The van der Waals surface area contributed by atoms with Gasteiger partial charge in [0, 0.05) is 33.9 Å². The van der Waals surface area contributed by atoms with Crippen LogP contribution >= 0.6 is 27.3 Å². The topological polar surface area (TPSA) is 15.3 Å². The minimum absolute atomic E-state index is 0.678. The molecule has 1 aliphatic heterocycles. The van der Waals surface area contributed by atoms with Crippen LogP contribution in [0.1, 0.15) is 31.1 Å². The van der Waals surface area contributed by atoms with Crippen molar-refractivity contribution in [2.45, 2.75) is 38.8 Å². The highest BCUT2D eigenvalue weighted by Gasteiger charge is 2.21. The van der Waals surface area contributed by atoms with Crippen LogP contribution in [0.2, 0.25) is 0 Å². The number of hydrogen-bond acceptors (Lipinski definition) is 3. The number of halogens is 1. The van der Waals surface area contributed by atoms with Crippen molar-refractivity contribution in [3.8, 4) is 0 Å². The Kier molecular flexibility index (Phi) is 5.67. The first-order valence-electron chi connectivity index (χ1n) is 6.82. The summed E-state index contributed by atoms with van der Waals surface area (Å²) in [6.07, 6.45) is 4.03. The summed E-state index contributed by atoms with van der Waals surface area (Å²) in [5.74, 6) is 0.931. The molecule has 0 amide bonds. The zero-order valence-electron chi connectivity index (χ0n) is 11.3. The molecule has 2 heterocycles. The summed E-state index contributed by atoms with van der Waals surface area (Å²) in [5, 5.41) is 5.82. The standard InChI is InChI=1S/C14H23BrN2S/c1-3-11-4-5-16-13(6-11)8-17(2)9-14-7-12(15)10-18-14/h7,10-11,13,16H,3-6,8-9H2,1-2H3. The van der Waals surface area contributed by atoms with E-state index in [1.807, 2.05) is 11.3 Å². The van der Waals surface area contributed by atoms with Crippen LogP contribution in [0.3, 0.4) is 0 Å². The summed E-state index contributed by atoms with van der Waals surface area (Å²) in [6.45, 7) is 5.73. The highest BCUT2D eigenvalue weighted by molar-refractivity contribution is 9.10. The van der Waals surface area contributed by atoms with Gasteiger partial charge in [-0.05, 0) is 54.3 Å². The molecule has 2 nitrogen and oxygen atoms in total. The summed E-state index contributed by atoms with van der Waals surface area (Å²) in [4.78, 5) is 3.88. The van der Waals surface area contributed by atoms with E-state index in [-0.39, 0.29) is 0 Å². The van der Waals surface area contributed by atoms with Crippen LogP contribution in [0.15, 0.2) is 15.9 Å². The van der Waals surface area contributed by atoms with Gasteiger partial charge in [-0.3, -0.25) is 4.90 Å². The van der Waals surface area contributed by atoms with E-state index in [0.29, 0.717) is 6.04 Å². The van der Waals surface area contributed by atoms with Crippen molar-refractivity contribution < 1.29 is 0 Å². The zero-order valence-corrected chi connectivity index (χ0v) is 13.7. The molecule has 1 N–H and O–H groups in total. The van der Waals surface area contributed by atoms with Gasteiger partial charge in [-0.1, -0.05) is 13.3 Å². The summed E-state index contributed by atoms with van der Waals surface area (Å²) < 4.78 is 1.21. The second-order valence-electron chi connectivity index (χ2n) is 5.38. The van der Waals surface area contributed by atoms with Gasteiger partial charge in [0.1, 0.15) is 0 Å². The van der Waals surface area contributed by atoms with Crippen LogP contribution < -0.4 is 5.32 Å². The van der Waals surface area contributed by atoms with Gasteiger partial charge in [-0.25, -0.2) is 0 Å². The number of nitrogens with zero attached hydrogens (tertiary/aromatic N) is 1. The smallest absolute Gasteiger partial charge is 0.0325 e. The van der Waals surface area contributed by atoms with E-state index in [1.165, 1.54) is 35.2 Å². The number of rotatable bonds is 5. The van der Waals surface area contributed by atoms with E-state index in [9.17, 15) is 0 Å². The molecule has 18 heavy (non-hydrogen) atoms. The molecular weight excluding hydrogens is 308 g/mol. The van der Waals surface area contributed by atoms with Gasteiger partial charge in [0.05, 0.1) is 0 Å². The van der Waals surface area contributed by atoms with Gasteiger partial charge in [0.2, 0.25) is 0 Å². The molecular formula is C14H23BrN2S. The van der Waals surface area contributed by atoms with Gasteiger partial charge < -0.3 is 5.32 Å². The van der Waals surface area contributed by atoms with Crippen LogP contribution in [0, 0.1) is 5.92 Å². The lowest BCUT2D eigenvalue weighted by atomic mass is 9.90. The van der Waals surface area contributed by atoms with E-state index in [2.05, 4.69) is 51.6 Å². The third-order valence-electron chi connectivity index (χ3n) is 3.76. The van der Waals surface area contributed by atoms with Gasteiger partial charge in [0.15, 0.2) is 0 Å². The Labute approximate surface area is 123 Å². The molecule has 1 aromatic heterocycles. The molecule has 2 rings (SSSR count). The minimum atomic E-state index is 0.678. The number of hydrogen-bond donors (Lipinski definition) is 1. The van der Waals surface area contributed by atoms with E-state index >= 15 is 0 Å². The highest BCUT2D eigenvalue weighted by Crippen LogP contribution is 2.22. The van der Waals surface area contributed by atoms with Crippen molar-refractivity contribution in [3.05, 3.63) is 20.8 Å². The normalized spacial score (nSPS) is 24.7. The van der Waals surface area contributed by atoms with Crippen LogP contribution in [0.4, 0.5) is 0 Å². The Morgan fingerprint density at radius 2 is 2.39 bits per heavy atom.